The molecule has 0 unspecified atom stereocenters. The summed E-state index contributed by atoms with van der Waals surface area (Å²) in [6.45, 7) is 8.19. The van der Waals surface area contributed by atoms with E-state index in [1.165, 1.54) is 11.5 Å². The second-order valence-electron chi connectivity index (χ2n) is 5.40. The van der Waals surface area contributed by atoms with E-state index in [0.717, 1.165) is 47.9 Å². The maximum Gasteiger partial charge on any atom is 0.163 e. The van der Waals surface area contributed by atoms with Crippen LogP contribution < -0.4 is 9.47 Å². The highest BCUT2D eigenvalue weighted by Gasteiger charge is 2.14. The summed E-state index contributed by atoms with van der Waals surface area (Å²) in [7, 11) is 0. The first-order valence-electron chi connectivity index (χ1n) is 8.15. The second-order valence-corrected chi connectivity index (χ2v) is 6.62. The van der Waals surface area contributed by atoms with Gasteiger partial charge in [0.25, 0.3) is 0 Å². The van der Waals surface area contributed by atoms with Crippen molar-refractivity contribution in [1.29, 1.82) is 0 Å². The lowest BCUT2D eigenvalue weighted by atomic mass is 10.2. The molecule has 6 heteroatoms. The van der Waals surface area contributed by atoms with Gasteiger partial charge in [0.2, 0.25) is 0 Å². The molecule has 0 saturated carbocycles. The molecule has 0 radical (unpaired) electrons. The largest absolute Gasteiger partial charge is 0.490 e. The summed E-state index contributed by atoms with van der Waals surface area (Å²) in [4.78, 5) is 11.7. The van der Waals surface area contributed by atoms with Gasteiger partial charge in [0.05, 0.1) is 25.3 Å². The Balaban J connectivity index is 1.86. The highest BCUT2D eigenvalue weighted by Crippen LogP contribution is 2.31. The van der Waals surface area contributed by atoms with Gasteiger partial charge < -0.3 is 9.47 Å². The number of nitrogens with zero attached hydrogens (tertiary/aromatic N) is 3. The van der Waals surface area contributed by atoms with E-state index < -0.39 is 0 Å². The first kappa shape index (κ1) is 16.3. The first-order valence-corrected chi connectivity index (χ1v) is 9.31. The van der Waals surface area contributed by atoms with E-state index in [4.69, 9.17) is 14.5 Å². The molecule has 1 aliphatic rings. The molecule has 1 fully saturated rings. The van der Waals surface area contributed by atoms with Crippen molar-refractivity contribution in [2.75, 3.05) is 37.8 Å². The number of hydrogen-bond acceptors (Lipinski definition) is 6. The van der Waals surface area contributed by atoms with Gasteiger partial charge >= 0.3 is 0 Å². The van der Waals surface area contributed by atoms with Crippen molar-refractivity contribution >= 4 is 22.7 Å². The highest BCUT2D eigenvalue weighted by atomic mass is 32.2. The van der Waals surface area contributed by atoms with Crippen LogP contribution in [0.4, 0.5) is 0 Å². The molecule has 1 aromatic carbocycles. The van der Waals surface area contributed by atoms with Crippen LogP contribution in [-0.2, 0) is 6.54 Å². The quantitative estimate of drug-likeness (QED) is 0.810. The minimum absolute atomic E-state index is 0.606. The zero-order chi connectivity index (χ0) is 16.1. The molecular formula is C17H23N3O2S. The predicted molar refractivity (Wildman–Crippen MR) is 94.5 cm³/mol. The standard InChI is InChI=1S/C17H23N3O2S/c1-3-21-15-9-13-11-18-17(12-20-5-7-23-8-6-20)19-14(13)10-16(15)22-4-2/h9-11H,3-8,12H2,1-2H3. The molecule has 0 atom stereocenters. The number of rotatable bonds is 6. The Labute approximate surface area is 141 Å². The molecule has 23 heavy (non-hydrogen) atoms. The van der Waals surface area contributed by atoms with Crippen LogP contribution in [0, 0.1) is 0 Å². The zero-order valence-corrected chi connectivity index (χ0v) is 14.6. The molecule has 1 aromatic heterocycles. The number of hydrogen-bond donors (Lipinski definition) is 0. The normalized spacial score (nSPS) is 15.7. The monoisotopic (exact) mass is 333 g/mol. The molecule has 0 amide bonds. The van der Waals surface area contributed by atoms with E-state index in [0.29, 0.717) is 13.2 Å². The van der Waals surface area contributed by atoms with E-state index in [1.807, 2.05) is 43.9 Å². The van der Waals surface area contributed by atoms with Gasteiger partial charge in [-0.25, -0.2) is 9.97 Å². The fourth-order valence-corrected chi connectivity index (χ4v) is 3.63. The minimum Gasteiger partial charge on any atom is -0.490 e. The molecule has 2 aromatic rings. The van der Waals surface area contributed by atoms with Gasteiger partial charge in [-0.05, 0) is 19.9 Å². The van der Waals surface area contributed by atoms with Gasteiger partial charge in [-0.15, -0.1) is 0 Å². The third-order valence-electron chi connectivity index (χ3n) is 3.76. The molecule has 0 spiro atoms. The summed E-state index contributed by atoms with van der Waals surface area (Å²) in [5.74, 6) is 4.77. The SMILES string of the molecule is CCOc1cc2cnc(CN3CCSCC3)nc2cc1OCC. The smallest absolute Gasteiger partial charge is 0.163 e. The molecule has 0 aliphatic carbocycles. The lowest BCUT2D eigenvalue weighted by molar-refractivity contribution is 0.286. The molecule has 1 aliphatic heterocycles. The van der Waals surface area contributed by atoms with Crippen LogP contribution in [0.2, 0.25) is 0 Å². The number of fused-ring (bicyclic) bond motifs is 1. The van der Waals surface area contributed by atoms with Crippen LogP contribution in [0.5, 0.6) is 11.5 Å². The van der Waals surface area contributed by atoms with Gasteiger partial charge in [0.1, 0.15) is 5.82 Å². The lowest BCUT2D eigenvalue weighted by Crippen LogP contribution is -2.32. The Kier molecular flexibility index (Phi) is 5.56. The Bertz CT molecular complexity index is 660. The average Bonchev–Trinajstić information content (AvgIpc) is 2.57. The fourth-order valence-electron chi connectivity index (χ4n) is 2.65. The van der Waals surface area contributed by atoms with E-state index in [9.17, 15) is 0 Å². The molecular weight excluding hydrogens is 310 g/mol. The van der Waals surface area contributed by atoms with Crippen LogP contribution in [0.25, 0.3) is 10.9 Å². The van der Waals surface area contributed by atoms with Crippen molar-refractivity contribution in [2.24, 2.45) is 0 Å². The minimum atomic E-state index is 0.606. The van der Waals surface area contributed by atoms with Gasteiger partial charge in [0, 0.05) is 42.2 Å². The number of thioether (sulfide) groups is 1. The molecule has 5 nitrogen and oxygen atoms in total. The first-order chi connectivity index (χ1) is 11.3. The van der Waals surface area contributed by atoms with Crippen LogP contribution in [0.3, 0.4) is 0 Å². The van der Waals surface area contributed by atoms with Gasteiger partial charge in [-0.1, -0.05) is 0 Å². The Morgan fingerprint density at radius 3 is 2.48 bits per heavy atom. The average molecular weight is 333 g/mol. The molecule has 3 rings (SSSR count). The summed E-state index contributed by atoms with van der Waals surface area (Å²) >= 11 is 2.01. The maximum atomic E-state index is 5.69. The van der Waals surface area contributed by atoms with Crippen molar-refractivity contribution < 1.29 is 9.47 Å². The third kappa shape index (κ3) is 4.06. The zero-order valence-electron chi connectivity index (χ0n) is 13.7. The van der Waals surface area contributed by atoms with E-state index in [-0.39, 0.29) is 0 Å². The maximum absolute atomic E-state index is 5.69. The summed E-state index contributed by atoms with van der Waals surface area (Å²) < 4.78 is 11.3. The van der Waals surface area contributed by atoms with Crippen molar-refractivity contribution in [3.05, 3.63) is 24.2 Å². The number of aromatic nitrogens is 2. The van der Waals surface area contributed by atoms with Crippen molar-refractivity contribution in [2.45, 2.75) is 20.4 Å². The van der Waals surface area contributed by atoms with Gasteiger partial charge in [0.15, 0.2) is 11.5 Å². The lowest BCUT2D eigenvalue weighted by Gasteiger charge is -2.25. The van der Waals surface area contributed by atoms with Crippen LogP contribution >= 0.6 is 11.8 Å². The van der Waals surface area contributed by atoms with Crippen molar-refractivity contribution in [3.8, 4) is 11.5 Å². The number of benzene rings is 1. The Morgan fingerprint density at radius 1 is 1.09 bits per heavy atom. The van der Waals surface area contributed by atoms with Crippen LogP contribution in [0.1, 0.15) is 19.7 Å². The Morgan fingerprint density at radius 2 is 1.78 bits per heavy atom. The molecule has 0 N–H and O–H groups in total. The molecule has 1 saturated heterocycles. The van der Waals surface area contributed by atoms with E-state index in [2.05, 4.69) is 9.88 Å². The molecule has 124 valence electrons. The summed E-state index contributed by atoms with van der Waals surface area (Å²) in [5.41, 5.74) is 0.910. The summed E-state index contributed by atoms with van der Waals surface area (Å²) in [6.07, 6.45) is 1.88. The number of ether oxygens (including phenoxy) is 2. The predicted octanol–water partition coefficient (Wildman–Crippen LogP) is 2.98. The van der Waals surface area contributed by atoms with Crippen LogP contribution in [-0.4, -0.2) is 52.7 Å². The molecule has 0 bridgehead atoms. The van der Waals surface area contributed by atoms with Crippen LogP contribution in [0.15, 0.2) is 18.3 Å². The second kappa shape index (κ2) is 7.84. The molecule has 2 heterocycles. The van der Waals surface area contributed by atoms with E-state index in [1.54, 1.807) is 0 Å². The highest BCUT2D eigenvalue weighted by molar-refractivity contribution is 7.99. The van der Waals surface area contributed by atoms with Crippen molar-refractivity contribution in [1.82, 2.24) is 14.9 Å². The fraction of sp³-hybridized carbons (Fsp3) is 0.529. The van der Waals surface area contributed by atoms with Crippen molar-refractivity contribution in [3.63, 3.8) is 0 Å². The third-order valence-corrected chi connectivity index (χ3v) is 4.71. The van der Waals surface area contributed by atoms with Gasteiger partial charge in [-0.3, -0.25) is 4.90 Å². The summed E-state index contributed by atoms with van der Waals surface area (Å²) in [6, 6.07) is 3.92. The van der Waals surface area contributed by atoms with E-state index >= 15 is 0 Å². The summed E-state index contributed by atoms with van der Waals surface area (Å²) in [5, 5.41) is 0.981. The van der Waals surface area contributed by atoms with Gasteiger partial charge in [-0.2, -0.15) is 11.8 Å². The topological polar surface area (TPSA) is 47.5 Å². The Hall–Kier alpha value is -1.53.